The zero-order chi connectivity index (χ0) is 14.5. The lowest BCUT2D eigenvalue weighted by molar-refractivity contribution is -0.142. The summed E-state index contributed by atoms with van der Waals surface area (Å²) >= 11 is 3.24. The minimum absolute atomic E-state index is 0.182. The molecule has 0 aliphatic heterocycles. The molecule has 0 saturated heterocycles. The number of pyridine rings is 1. The third-order valence-electron chi connectivity index (χ3n) is 2.18. The zero-order valence-electron chi connectivity index (χ0n) is 10.6. The second-order valence-corrected chi connectivity index (χ2v) is 6.55. The van der Waals surface area contributed by atoms with Gasteiger partial charge in [0.1, 0.15) is 5.82 Å². The number of hydrogen-bond acceptors (Lipinski definition) is 5. The van der Waals surface area contributed by atoms with Crippen LogP contribution in [-0.4, -0.2) is 31.7 Å². The molecule has 106 valence electrons. The quantitative estimate of drug-likeness (QED) is 0.791. The van der Waals surface area contributed by atoms with Crippen LogP contribution in [-0.2, 0) is 19.6 Å². The Morgan fingerprint density at radius 3 is 2.79 bits per heavy atom. The minimum Gasteiger partial charge on any atom is -0.466 e. The summed E-state index contributed by atoms with van der Waals surface area (Å²) in [5, 5.41) is 0. The highest BCUT2D eigenvalue weighted by molar-refractivity contribution is 9.10. The molecule has 1 rings (SSSR count). The van der Waals surface area contributed by atoms with Crippen LogP contribution in [0.2, 0.25) is 0 Å². The molecular formula is C11H15BrN2O4S. The SMILES string of the molecule is CCOC(=O)CCS(=O)(=O)Nc1ncc(Br)cc1C. The molecule has 0 fully saturated rings. The number of sulfonamides is 1. The monoisotopic (exact) mass is 350 g/mol. The summed E-state index contributed by atoms with van der Waals surface area (Å²) in [5.74, 6) is -0.608. The van der Waals surface area contributed by atoms with E-state index in [4.69, 9.17) is 0 Å². The van der Waals surface area contributed by atoms with Gasteiger partial charge in [-0.05, 0) is 41.4 Å². The molecule has 0 aliphatic carbocycles. The fourth-order valence-electron chi connectivity index (χ4n) is 1.30. The lowest BCUT2D eigenvalue weighted by atomic mass is 10.3. The number of hydrogen-bond donors (Lipinski definition) is 1. The maximum atomic E-state index is 11.8. The molecule has 0 unspecified atom stereocenters. The number of aryl methyl sites for hydroxylation is 1. The van der Waals surface area contributed by atoms with Gasteiger partial charge in [0.05, 0.1) is 18.8 Å². The molecule has 1 heterocycles. The maximum absolute atomic E-state index is 11.8. The summed E-state index contributed by atoms with van der Waals surface area (Å²) in [7, 11) is -3.61. The number of esters is 1. The molecule has 0 atom stereocenters. The molecule has 0 amide bonds. The number of aromatic nitrogens is 1. The van der Waals surface area contributed by atoms with E-state index in [1.165, 1.54) is 6.20 Å². The fraction of sp³-hybridized carbons (Fsp3) is 0.455. The van der Waals surface area contributed by atoms with Crippen molar-refractivity contribution in [2.24, 2.45) is 0 Å². The Hall–Kier alpha value is -1.15. The van der Waals surface area contributed by atoms with Gasteiger partial charge in [0.15, 0.2) is 0 Å². The van der Waals surface area contributed by atoms with Gasteiger partial charge in [0.25, 0.3) is 0 Å². The summed E-state index contributed by atoms with van der Waals surface area (Å²) in [6.45, 7) is 3.64. The largest absolute Gasteiger partial charge is 0.466 e. The third-order valence-corrected chi connectivity index (χ3v) is 3.86. The second-order valence-electron chi connectivity index (χ2n) is 3.79. The number of halogens is 1. The van der Waals surface area contributed by atoms with Gasteiger partial charge in [-0.25, -0.2) is 13.4 Å². The Morgan fingerprint density at radius 2 is 2.21 bits per heavy atom. The van der Waals surface area contributed by atoms with Crippen LogP contribution < -0.4 is 4.72 Å². The number of carbonyl (C=O) groups is 1. The Bertz CT molecular complexity index is 560. The van der Waals surface area contributed by atoms with E-state index in [0.29, 0.717) is 5.56 Å². The van der Waals surface area contributed by atoms with Crippen LogP contribution in [0.15, 0.2) is 16.7 Å². The molecule has 1 aromatic heterocycles. The van der Waals surface area contributed by atoms with Crippen LogP contribution in [0, 0.1) is 6.92 Å². The van der Waals surface area contributed by atoms with Crippen molar-refractivity contribution >= 4 is 37.7 Å². The first kappa shape index (κ1) is 15.9. The summed E-state index contributed by atoms with van der Waals surface area (Å²) in [6, 6.07) is 1.75. The molecule has 8 heteroatoms. The van der Waals surface area contributed by atoms with Gasteiger partial charge in [0.2, 0.25) is 10.0 Å². The van der Waals surface area contributed by atoms with Crippen LogP contribution in [0.5, 0.6) is 0 Å². The molecule has 0 aliphatic rings. The Morgan fingerprint density at radius 1 is 1.53 bits per heavy atom. The normalized spacial score (nSPS) is 11.1. The first-order chi connectivity index (χ1) is 8.84. The summed E-state index contributed by atoms with van der Waals surface area (Å²) in [4.78, 5) is 15.1. The van der Waals surface area contributed by atoms with Crippen molar-refractivity contribution in [2.75, 3.05) is 17.1 Å². The topological polar surface area (TPSA) is 85.4 Å². The summed E-state index contributed by atoms with van der Waals surface area (Å²) < 4.78 is 31.3. The fourth-order valence-corrected chi connectivity index (χ4v) is 2.79. The second kappa shape index (κ2) is 6.85. The van der Waals surface area contributed by atoms with E-state index in [1.807, 2.05) is 0 Å². The van der Waals surface area contributed by atoms with Gasteiger partial charge in [0, 0.05) is 10.7 Å². The Labute approximate surface area is 120 Å². The number of ether oxygens (including phenoxy) is 1. The molecule has 1 aromatic rings. The molecular weight excluding hydrogens is 336 g/mol. The molecule has 0 saturated carbocycles. The van der Waals surface area contributed by atoms with E-state index in [9.17, 15) is 13.2 Å². The van der Waals surface area contributed by atoms with Gasteiger partial charge in [-0.15, -0.1) is 0 Å². The predicted octanol–water partition coefficient (Wildman–Crippen LogP) is 1.85. The lowest BCUT2D eigenvalue weighted by Gasteiger charge is -2.09. The third kappa shape index (κ3) is 5.56. The lowest BCUT2D eigenvalue weighted by Crippen LogP contribution is -2.21. The number of anilines is 1. The molecule has 1 N–H and O–H groups in total. The number of carbonyl (C=O) groups excluding carboxylic acids is 1. The molecule has 6 nitrogen and oxygen atoms in total. The van der Waals surface area contributed by atoms with Crippen molar-refractivity contribution in [3.05, 3.63) is 22.3 Å². The van der Waals surface area contributed by atoms with Gasteiger partial charge in [-0.1, -0.05) is 0 Å². The molecule has 0 spiro atoms. The van der Waals surface area contributed by atoms with Crippen molar-refractivity contribution in [1.82, 2.24) is 4.98 Å². The average Bonchev–Trinajstić information content (AvgIpc) is 2.31. The van der Waals surface area contributed by atoms with E-state index in [0.717, 1.165) is 4.47 Å². The summed E-state index contributed by atoms with van der Waals surface area (Å²) in [6.07, 6.45) is 1.31. The number of nitrogens with one attached hydrogen (secondary N) is 1. The zero-order valence-corrected chi connectivity index (χ0v) is 13.0. The smallest absolute Gasteiger partial charge is 0.306 e. The molecule has 0 aromatic carbocycles. The van der Waals surface area contributed by atoms with E-state index >= 15 is 0 Å². The van der Waals surface area contributed by atoms with Gasteiger partial charge in [-0.3, -0.25) is 9.52 Å². The van der Waals surface area contributed by atoms with Crippen LogP contribution in [0.1, 0.15) is 18.9 Å². The minimum atomic E-state index is -3.61. The van der Waals surface area contributed by atoms with Crippen LogP contribution >= 0.6 is 15.9 Å². The van der Waals surface area contributed by atoms with Crippen molar-refractivity contribution in [3.8, 4) is 0 Å². The van der Waals surface area contributed by atoms with Crippen molar-refractivity contribution in [2.45, 2.75) is 20.3 Å². The highest BCUT2D eigenvalue weighted by Crippen LogP contribution is 2.17. The molecule has 19 heavy (non-hydrogen) atoms. The highest BCUT2D eigenvalue weighted by atomic mass is 79.9. The van der Waals surface area contributed by atoms with E-state index in [2.05, 4.69) is 30.4 Å². The van der Waals surface area contributed by atoms with Crippen LogP contribution in [0.3, 0.4) is 0 Å². The Kier molecular flexibility index (Phi) is 5.74. The van der Waals surface area contributed by atoms with Crippen LogP contribution in [0.25, 0.3) is 0 Å². The van der Waals surface area contributed by atoms with E-state index in [-0.39, 0.29) is 24.6 Å². The number of nitrogens with zero attached hydrogens (tertiary/aromatic N) is 1. The Balaban J connectivity index is 2.66. The van der Waals surface area contributed by atoms with Crippen molar-refractivity contribution in [1.29, 1.82) is 0 Å². The van der Waals surface area contributed by atoms with E-state index in [1.54, 1.807) is 19.9 Å². The first-order valence-electron chi connectivity index (χ1n) is 5.62. The van der Waals surface area contributed by atoms with Crippen molar-refractivity contribution in [3.63, 3.8) is 0 Å². The van der Waals surface area contributed by atoms with Crippen molar-refractivity contribution < 1.29 is 17.9 Å². The van der Waals surface area contributed by atoms with E-state index < -0.39 is 16.0 Å². The number of rotatable bonds is 6. The van der Waals surface area contributed by atoms with Gasteiger partial charge in [-0.2, -0.15) is 0 Å². The molecule has 0 radical (unpaired) electrons. The van der Waals surface area contributed by atoms with Crippen LogP contribution in [0.4, 0.5) is 5.82 Å². The maximum Gasteiger partial charge on any atom is 0.306 e. The summed E-state index contributed by atoms with van der Waals surface area (Å²) in [5.41, 5.74) is 0.689. The predicted molar refractivity (Wildman–Crippen MR) is 75.3 cm³/mol. The average molecular weight is 351 g/mol. The highest BCUT2D eigenvalue weighted by Gasteiger charge is 2.15. The van der Waals surface area contributed by atoms with Gasteiger partial charge >= 0.3 is 5.97 Å². The standard InChI is InChI=1S/C11H15BrN2O4S/c1-3-18-10(15)4-5-19(16,17)14-11-8(2)6-9(12)7-13-11/h6-7H,3-5H2,1-2H3,(H,13,14). The first-order valence-corrected chi connectivity index (χ1v) is 8.07. The van der Waals surface area contributed by atoms with Gasteiger partial charge < -0.3 is 4.74 Å². The molecule has 0 bridgehead atoms.